The van der Waals surface area contributed by atoms with Crippen LogP contribution in [0.5, 0.6) is 0 Å². The molecular weight excluding hydrogens is 407 g/mol. The number of nitrogens with zero attached hydrogens (tertiary/aromatic N) is 1. The summed E-state index contributed by atoms with van der Waals surface area (Å²) in [4.78, 5) is 35.7. The van der Waals surface area contributed by atoms with E-state index in [0.29, 0.717) is 0 Å². The molecule has 0 saturated heterocycles. The first-order valence-corrected chi connectivity index (χ1v) is 10.6. The van der Waals surface area contributed by atoms with Gasteiger partial charge in [0.15, 0.2) is 11.6 Å². The Morgan fingerprint density at radius 2 is 1.83 bits per heavy atom. The summed E-state index contributed by atoms with van der Waals surface area (Å²) in [5.74, 6) is 0. The standard InChI is InChI=1S/C17H31N2O9P/c1-7-17(5,28-29(25,26)16(3,4)24)8-11(20)12(21)14(27-6)19-9-10(2)13(22)18-15(19)23/h9,11-12,14,20-21,24H,7-8H2,1-6H3,(H,25,26)(H,18,22,23)/t11?,12-,14-,17?/m1/s1. The monoisotopic (exact) mass is 438 g/mol. The van der Waals surface area contributed by atoms with E-state index < -0.39 is 48.2 Å². The number of aryl methyl sites for hydroxylation is 1. The van der Waals surface area contributed by atoms with Crippen molar-refractivity contribution in [2.45, 2.75) is 76.8 Å². The maximum Gasteiger partial charge on any atom is 0.359 e. The van der Waals surface area contributed by atoms with Crippen molar-refractivity contribution in [2.24, 2.45) is 0 Å². The van der Waals surface area contributed by atoms with E-state index >= 15 is 0 Å². The Labute approximate surface area is 168 Å². The van der Waals surface area contributed by atoms with Crippen molar-refractivity contribution in [2.75, 3.05) is 7.11 Å². The average Bonchev–Trinajstić information content (AvgIpc) is 2.58. The van der Waals surface area contributed by atoms with Gasteiger partial charge in [0.05, 0.1) is 11.7 Å². The summed E-state index contributed by atoms with van der Waals surface area (Å²) in [6.07, 6.45) is -3.46. The van der Waals surface area contributed by atoms with Crippen LogP contribution in [0.3, 0.4) is 0 Å². The third kappa shape index (κ3) is 6.08. The predicted octanol–water partition coefficient (Wildman–Crippen LogP) is 0.201. The summed E-state index contributed by atoms with van der Waals surface area (Å²) in [6.45, 7) is 6.81. The molecule has 0 aromatic carbocycles. The first-order valence-electron chi connectivity index (χ1n) is 9.05. The first-order chi connectivity index (χ1) is 13.1. The molecule has 1 aromatic rings. The lowest BCUT2D eigenvalue weighted by molar-refractivity contribution is -0.127. The highest BCUT2D eigenvalue weighted by atomic mass is 31.2. The third-order valence-electron chi connectivity index (χ3n) is 4.77. The van der Waals surface area contributed by atoms with Gasteiger partial charge in [-0.3, -0.25) is 18.9 Å². The number of aromatic amines is 1. The van der Waals surface area contributed by atoms with Crippen LogP contribution >= 0.6 is 7.60 Å². The minimum absolute atomic E-state index is 0.173. The largest absolute Gasteiger partial charge is 0.390 e. The van der Waals surface area contributed by atoms with Crippen LogP contribution in [0.25, 0.3) is 0 Å². The summed E-state index contributed by atoms with van der Waals surface area (Å²) in [7, 11) is -3.27. The van der Waals surface area contributed by atoms with Crippen molar-refractivity contribution in [3.63, 3.8) is 0 Å². The topological polar surface area (TPSA) is 171 Å². The molecule has 0 fully saturated rings. The molecule has 0 aliphatic carbocycles. The van der Waals surface area contributed by atoms with Gasteiger partial charge in [-0.25, -0.2) is 4.79 Å². The maximum atomic E-state index is 12.3. The summed E-state index contributed by atoms with van der Waals surface area (Å²) in [5, 5.41) is 28.9. The number of hydrogen-bond acceptors (Lipinski definition) is 8. The molecule has 0 radical (unpaired) electrons. The van der Waals surface area contributed by atoms with Crippen molar-refractivity contribution in [3.8, 4) is 0 Å². The summed E-state index contributed by atoms with van der Waals surface area (Å²) < 4.78 is 23.7. The molecule has 0 amide bonds. The minimum atomic E-state index is -4.47. The van der Waals surface area contributed by atoms with Crippen LogP contribution in [0, 0.1) is 6.92 Å². The molecule has 0 saturated carbocycles. The van der Waals surface area contributed by atoms with E-state index in [9.17, 15) is 34.4 Å². The van der Waals surface area contributed by atoms with E-state index in [1.54, 1.807) is 6.92 Å². The second-order valence-electron chi connectivity index (χ2n) is 7.78. The second-order valence-corrected chi connectivity index (χ2v) is 10.1. The Kier molecular flexibility index (Phi) is 8.17. The lowest BCUT2D eigenvalue weighted by Gasteiger charge is -2.37. The number of hydrogen-bond donors (Lipinski definition) is 5. The van der Waals surface area contributed by atoms with Gasteiger partial charge in [0.1, 0.15) is 6.10 Å². The van der Waals surface area contributed by atoms with Gasteiger partial charge in [-0.05, 0) is 34.1 Å². The highest BCUT2D eigenvalue weighted by Gasteiger charge is 2.45. The van der Waals surface area contributed by atoms with E-state index in [0.717, 1.165) is 18.4 Å². The lowest BCUT2D eigenvalue weighted by atomic mass is 9.93. The van der Waals surface area contributed by atoms with Gasteiger partial charge in [0.25, 0.3) is 5.56 Å². The number of aliphatic hydroxyl groups excluding tert-OH is 2. The molecule has 12 heteroatoms. The zero-order valence-corrected chi connectivity index (χ0v) is 18.3. The van der Waals surface area contributed by atoms with Crippen molar-refractivity contribution < 1.29 is 34.0 Å². The lowest BCUT2D eigenvalue weighted by Crippen LogP contribution is -2.45. The van der Waals surface area contributed by atoms with Crippen LogP contribution in [-0.4, -0.2) is 60.0 Å². The number of ether oxygens (including phenoxy) is 1. The maximum absolute atomic E-state index is 12.3. The molecule has 5 atom stereocenters. The normalized spacial score (nSPS) is 19.8. The smallest absolute Gasteiger partial charge is 0.359 e. The second kappa shape index (κ2) is 9.22. The van der Waals surface area contributed by atoms with Crippen molar-refractivity contribution in [1.29, 1.82) is 0 Å². The molecule has 1 heterocycles. The molecule has 1 rings (SSSR count). The van der Waals surface area contributed by atoms with Gasteiger partial charge in [0.2, 0.25) is 0 Å². The van der Waals surface area contributed by atoms with Gasteiger partial charge in [-0.15, -0.1) is 0 Å². The molecule has 3 unspecified atom stereocenters. The van der Waals surface area contributed by atoms with Crippen LogP contribution in [0.2, 0.25) is 0 Å². The fourth-order valence-corrected chi connectivity index (χ4v) is 3.63. The van der Waals surface area contributed by atoms with Gasteiger partial charge in [-0.1, -0.05) is 6.92 Å². The summed E-state index contributed by atoms with van der Waals surface area (Å²) in [6, 6.07) is 0. The first kappa shape index (κ1) is 25.7. The summed E-state index contributed by atoms with van der Waals surface area (Å²) >= 11 is 0. The van der Waals surface area contributed by atoms with Gasteiger partial charge < -0.3 is 29.5 Å². The van der Waals surface area contributed by atoms with Gasteiger partial charge >= 0.3 is 13.3 Å². The quantitative estimate of drug-likeness (QED) is 0.320. The SMILES string of the molecule is CCC(C)(CC(O)[C@@H](O)[C@@H](OC)n1cc(C)c(=O)[nH]c1=O)OP(=O)(O)C(C)(C)O. The number of H-pyrrole nitrogens is 1. The molecule has 5 N–H and O–H groups in total. The predicted molar refractivity (Wildman–Crippen MR) is 105 cm³/mol. The summed E-state index contributed by atoms with van der Waals surface area (Å²) in [5.41, 5.74) is -2.61. The Morgan fingerprint density at radius 3 is 2.28 bits per heavy atom. The molecule has 168 valence electrons. The minimum Gasteiger partial charge on any atom is -0.390 e. The Morgan fingerprint density at radius 1 is 1.28 bits per heavy atom. The van der Waals surface area contributed by atoms with Gasteiger partial charge in [0, 0.05) is 25.3 Å². The van der Waals surface area contributed by atoms with Crippen molar-refractivity contribution in [1.82, 2.24) is 9.55 Å². The molecule has 0 spiro atoms. The highest BCUT2D eigenvalue weighted by molar-refractivity contribution is 7.54. The molecule has 1 aromatic heterocycles. The van der Waals surface area contributed by atoms with Gasteiger partial charge in [-0.2, -0.15) is 0 Å². The van der Waals surface area contributed by atoms with Crippen molar-refractivity contribution >= 4 is 7.60 Å². The van der Waals surface area contributed by atoms with E-state index in [4.69, 9.17) is 9.26 Å². The number of rotatable bonds is 10. The van der Waals surface area contributed by atoms with E-state index in [1.807, 2.05) is 0 Å². The zero-order valence-electron chi connectivity index (χ0n) is 17.4. The number of nitrogens with one attached hydrogen (secondary N) is 1. The Hall–Kier alpha value is -1.33. The molecular formula is C17H31N2O9P. The molecule has 29 heavy (non-hydrogen) atoms. The van der Waals surface area contributed by atoms with E-state index in [-0.39, 0.29) is 18.4 Å². The van der Waals surface area contributed by atoms with Crippen LogP contribution in [0.4, 0.5) is 0 Å². The Bertz CT molecular complexity index is 860. The van der Waals surface area contributed by atoms with Crippen LogP contribution in [0.15, 0.2) is 15.8 Å². The average molecular weight is 438 g/mol. The van der Waals surface area contributed by atoms with E-state index in [1.165, 1.54) is 27.2 Å². The molecule has 11 nitrogen and oxygen atoms in total. The molecule has 0 aliphatic rings. The highest BCUT2D eigenvalue weighted by Crippen LogP contribution is 2.57. The van der Waals surface area contributed by atoms with Crippen LogP contribution in [0.1, 0.15) is 52.3 Å². The number of methoxy groups -OCH3 is 1. The van der Waals surface area contributed by atoms with E-state index in [2.05, 4.69) is 4.98 Å². The number of aliphatic hydroxyl groups is 3. The molecule has 0 bridgehead atoms. The third-order valence-corrected chi connectivity index (χ3v) is 6.84. The van der Waals surface area contributed by atoms with Crippen LogP contribution in [-0.2, 0) is 13.8 Å². The van der Waals surface area contributed by atoms with Crippen LogP contribution < -0.4 is 11.2 Å². The fraction of sp³-hybridized carbons (Fsp3) is 0.765. The molecule has 0 aliphatic heterocycles. The zero-order chi connectivity index (χ0) is 22.8. The Balaban J connectivity index is 3.13. The fourth-order valence-electron chi connectivity index (χ4n) is 2.60. The van der Waals surface area contributed by atoms with Crippen molar-refractivity contribution in [3.05, 3.63) is 32.6 Å². The number of aromatic nitrogens is 2.